The number of hydrogen-bond acceptors (Lipinski definition) is 4. The van der Waals surface area contributed by atoms with Gasteiger partial charge in [-0.2, -0.15) is 0 Å². The van der Waals surface area contributed by atoms with E-state index in [2.05, 4.69) is 34.8 Å². The molecule has 0 aliphatic heterocycles. The molecule has 3 N–H and O–H groups in total. The second-order valence-electron chi connectivity index (χ2n) is 7.37. The molecule has 0 aliphatic rings. The molecule has 0 saturated heterocycles. The largest absolute Gasteiger partial charge is 0.444 e. The topological polar surface area (TPSA) is 84.0 Å². The van der Waals surface area contributed by atoms with E-state index in [0.717, 1.165) is 51.4 Å². The number of rotatable bonds is 11. The number of carbonyl (C=O) groups is 1. The maximum Gasteiger partial charge on any atom is 0.408 e. The SMILES string of the molecule is CCOCCCCNC(=NC)NCC(CC)(CC)NC(=O)OC(C)(C)C.I. The average molecular weight is 500 g/mol. The quantitative estimate of drug-likeness (QED) is 0.175. The van der Waals surface area contributed by atoms with Crippen LogP contribution in [0.5, 0.6) is 0 Å². The van der Waals surface area contributed by atoms with Gasteiger partial charge in [0.15, 0.2) is 5.96 Å². The molecule has 0 aliphatic carbocycles. The summed E-state index contributed by atoms with van der Waals surface area (Å²) in [5.41, 5.74) is -0.890. The summed E-state index contributed by atoms with van der Waals surface area (Å²) in [5, 5.41) is 9.65. The van der Waals surface area contributed by atoms with Gasteiger partial charge in [0, 0.05) is 33.4 Å². The molecule has 0 unspecified atom stereocenters. The standard InChI is InChI=1S/C19H40N4O3.HI/c1-8-19(9-2,23-17(24)26-18(4,5)6)15-22-16(20-7)21-13-11-12-14-25-10-3;/h8-15H2,1-7H3,(H,23,24)(H2,20,21,22);1H. The highest BCUT2D eigenvalue weighted by atomic mass is 127. The van der Waals surface area contributed by atoms with Crippen molar-refractivity contribution in [1.29, 1.82) is 0 Å². The van der Waals surface area contributed by atoms with Crippen molar-refractivity contribution in [1.82, 2.24) is 16.0 Å². The normalized spacial score (nSPS) is 12.2. The Morgan fingerprint density at radius 1 is 1.04 bits per heavy atom. The lowest BCUT2D eigenvalue weighted by molar-refractivity contribution is 0.0448. The van der Waals surface area contributed by atoms with Gasteiger partial charge >= 0.3 is 6.09 Å². The first kappa shape index (κ1) is 28.4. The van der Waals surface area contributed by atoms with E-state index in [1.54, 1.807) is 7.05 Å². The summed E-state index contributed by atoms with van der Waals surface area (Å²) in [4.78, 5) is 16.4. The molecule has 27 heavy (non-hydrogen) atoms. The molecule has 0 atom stereocenters. The fraction of sp³-hybridized carbons (Fsp3) is 0.895. The Balaban J connectivity index is 0. The third-order valence-corrected chi connectivity index (χ3v) is 4.15. The predicted molar refractivity (Wildman–Crippen MR) is 123 cm³/mol. The molecule has 0 aromatic rings. The average Bonchev–Trinajstić information content (AvgIpc) is 2.57. The van der Waals surface area contributed by atoms with Crippen molar-refractivity contribution in [3.8, 4) is 0 Å². The van der Waals surface area contributed by atoms with E-state index in [1.807, 2.05) is 27.7 Å². The van der Waals surface area contributed by atoms with E-state index in [9.17, 15) is 4.79 Å². The van der Waals surface area contributed by atoms with Gasteiger partial charge in [0.05, 0.1) is 5.54 Å². The van der Waals surface area contributed by atoms with Crippen LogP contribution < -0.4 is 16.0 Å². The van der Waals surface area contributed by atoms with Crippen molar-refractivity contribution in [2.45, 2.75) is 78.4 Å². The first-order chi connectivity index (χ1) is 12.2. The molecule has 8 heteroatoms. The first-order valence-electron chi connectivity index (χ1n) is 9.75. The zero-order chi connectivity index (χ0) is 20.1. The second kappa shape index (κ2) is 15.2. The molecular formula is C19H41IN4O3. The molecule has 0 saturated carbocycles. The Morgan fingerprint density at radius 3 is 2.15 bits per heavy atom. The van der Waals surface area contributed by atoms with Crippen LogP contribution in [-0.2, 0) is 9.47 Å². The summed E-state index contributed by atoms with van der Waals surface area (Å²) in [5.74, 6) is 0.735. The van der Waals surface area contributed by atoms with Crippen molar-refractivity contribution in [2.24, 2.45) is 4.99 Å². The number of alkyl carbamates (subject to hydrolysis) is 1. The van der Waals surface area contributed by atoms with E-state index in [4.69, 9.17) is 9.47 Å². The zero-order valence-electron chi connectivity index (χ0n) is 18.2. The number of unbranched alkanes of at least 4 members (excludes halogenated alkanes) is 1. The Hall–Kier alpha value is -0.770. The summed E-state index contributed by atoms with van der Waals surface area (Å²) in [7, 11) is 1.75. The number of nitrogens with zero attached hydrogens (tertiary/aromatic N) is 1. The highest BCUT2D eigenvalue weighted by Crippen LogP contribution is 2.16. The summed E-state index contributed by atoms with van der Waals surface area (Å²) in [6, 6.07) is 0. The van der Waals surface area contributed by atoms with Gasteiger partial charge in [-0.3, -0.25) is 4.99 Å². The number of ether oxygens (including phenoxy) is 2. The first-order valence-corrected chi connectivity index (χ1v) is 9.75. The number of nitrogens with one attached hydrogen (secondary N) is 3. The molecule has 0 aromatic heterocycles. The van der Waals surface area contributed by atoms with E-state index < -0.39 is 5.60 Å². The van der Waals surface area contributed by atoms with Crippen LogP contribution in [0.25, 0.3) is 0 Å². The summed E-state index contributed by atoms with van der Waals surface area (Å²) < 4.78 is 10.7. The Kier molecular flexibility index (Phi) is 16.0. The third kappa shape index (κ3) is 14.0. The molecule has 7 nitrogen and oxygen atoms in total. The molecule has 0 fully saturated rings. The van der Waals surface area contributed by atoms with E-state index in [0.29, 0.717) is 6.54 Å². The van der Waals surface area contributed by atoms with Crippen molar-refractivity contribution >= 4 is 36.0 Å². The fourth-order valence-electron chi connectivity index (χ4n) is 2.39. The molecule has 0 heterocycles. The van der Waals surface area contributed by atoms with Crippen molar-refractivity contribution in [3.63, 3.8) is 0 Å². The number of halogens is 1. The molecule has 0 radical (unpaired) electrons. The minimum absolute atomic E-state index is 0. The molecule has 1 amide bonds. The number of aliphatic imine (C=N–C) groups is 1. The molecule has 162 valence electrons. The third-order valence-electron chi connectivity index (χ3n) is 4.15. The maximum atomic E-state index is 12.2. The van der Waals surface area contributed by atoms with Crippen LogP contribution in [0.15, 0.2) is 4.99 Å². The van der Waals surface area contributed by atoms with E-state index in [1.165, 1.54) is 0 Å². The lowest BCUT2D eigenvalue weighted by Crippen LogP contribution is -2.57. The zero-order valence-corrected chi connectivity index (χ0v) is 20.6. The highest BCUT2D eigenvalue weighted by molar-refractivity contribution is 14.0. The summed E-state index contributed by atoms with van der Waals surface area (Å²) >= 11 is 0. The minimum atomic E-state index is -0.510. The van der Waals surface area contributed by atoms with Gasteiger partial charge in [0.2, 0.25) is 0 Å². The number of hydrogen-bond donors (Lipinski definition) is 3. The van der Waals surface area contributed by atoms with Gasteiger partial charge in [-0.25, -0.2) is 4.79 Å². The number of carbonyl (C=O) groups excluding carboxylic acids is 1. The maximum absolute atomic E-state index is 12.2. The molecule has 0 bridgehead atoms. The van der Waals surface area contributed by atoms with Crippen LogP contribution >= 0.6 is 24.0 Å². The van der Waals surface area contributed by atoms with Crippen LogP contribution in [0.3, 0.4) is 0 Å². The van der Waals surface area contributed by atoms with Crippen LogP contribution in [0.2, 0.25) is 0 Å². The van der Waals surface area contributed by atoms with Gasteiger partial charge in [-0.05, 0) is 53.4 Å². The summed E-state index contributed by atoms with van der Waals surface area (Å²) in [6.07, 6.45) is 3.24. The highest BCUT2D eigenvalue weighted by Gasteiger charge is 2.30. The predicted octanol–water partition coefficient (Wildman–Crippen LogP) is 3.67. The lowest BCUT2D eigenvalue weighted by atomic mass is 9.93. The van der Waals surface area contributed by atoms with Gasteiger partial charge in [-0.15, -0.1) is 24.0 Å². The minimum Gasteiger partial charge on any atom is -0.444 e. The van der Waals surface area contributed by atoms with E-state index >= 15 is 0 Å². The van der Waals surface area contributed by atoms with Gasteiger partial charge in [0.1, 0.15) is 5.60 Å². The van der Waals surface area contributed by atoms with Gasteiger partial charge < -0.3 is 25.4 Å². The lowest BCUT2D eigenvalue weighted by Gasteiger charge is -2.34. The van der Waals surface area contributed by atoms with E-state index in [-0.39, 0.29) is 35.6 Å². The van der Waals surface area contributed by atoms with Crippen molar-refractivity contribution in [2.75, 3.05) is 33.4 Å². The van der Waals surface area contributed by atoms with Crippen LogP contribution in [-0.4, -0.2) is 56.5 Å². The van der Waals surface area contributed by atoms with Crippen molar-refractivity contribution < 1.29 is 14.3 Å². The smallest absolute Gasteiger partial charge is 0.408 e. The number of guanidine groups is 1. The van der Waals surface area contributed by atoms with Gasteiger partial charge in [0.25, 0.3) is 0 Å². The molecule has 0 rings (SSSR count). The fourth-order valence-corrected chi connectivity index (χ4v) is 2.39. The van der Waals surface area contributed by atoms with Crippen LogP contribution in [0.4, 0.5) is 4.79 Å². The van der Waals surface area contributed by atoms with Crippen molar-refractivity contribution in [3.05, 3.63) is 0 Å². The monoisotopic (exact) mass is 500 g/mol. The van der Waals surface area contributed by atoms with Crippen LogP contribution in [0, 0.1) is 0 Å². The van der Waals surface area contributed by atoms with Gasteiger partial charge in [-0.1, -0.05) is 13.8 Å². The number of amides is 1. The Labute approximate surface area is 182 Å². The Bertz CT molecular complexity index is 422. The second-order valence-corrected chi connectivity index (χ2v) is 7.37. The molecule has 0 spiro atoms. The summed E-state index contributed by atoms with van der Waals surface area (Å²) in [6.45, 7) is 14.7. The molecular weight excluding hydrogens is 459 g/mol. The van der Waals surface area contributed by atoms with Crippen LogP contribution in [0.1, 0.15) is 67.2 Å². The molecule has 0 aromatic carbocycles. The Morgan fingerprint density at radius 2 is 1.67 bits per heavy atom.